The number of aromatic amines is 1. The van der Waals surface area contributed by atoms with Crippen molar-refractivity contribution in [3.8, 4) is 0 Å². The molecule has 1 aromatic carbocycles. The van der Waals surface area contributed by atoms with Gasteiger partial charge in [0.05, 0.1) is 10.4 Å². The number of aromatic nitrogens is 3. The highest BCUT2D eigenvalue weighted by Gasteiger charge is 2.42. The van der Waals surface area contributed by atoms with E-state index in [-0.39, 0.29) is 17.3 Å². The van der Waals surface area contributed by atoms with Crippen LogP contribution in [0.15, 0.2) is 30.3 Å². The summed E-state index contributed by atoms with van der Waals surface area (Å²) >= 11 is 5.89. The first-order valence-electron chi connectivity index (χ1n) is 11.6. The number of likely N-dealkylation sites (tertiary alicyclic amines) is 1. The van der Waals surface area contributed by atoms with E-state index in [0.29, 0.717) is 61.5 Å². The minimum atomic E-state index is -1.04. The summed E-state index contributed by atoms with van der Waals surface area (Å²) < 4.78 is 29.3. The fourth-order valence-electron chi connectivity index (χ4n) is 4.54. The number of nitrogens with one attached hydrogen (secondary N) is 2. The first-order chi connectivity index (χ1) is 16.7. The van der Waals surface area contributed by atoms with Crippen molar-refractivity contribution in [2.24, 2.45) is 5.41 Å². The van der Waals surface area contributed by atoms with Gasteiger partial charge in [-0.05, 0) is 57.0 Å². The van der Waals surface area contributed by atoms with Crippen LogP contribution >= 0.6 is 11.6 Å². The van der Waals surface area contributed by atoms with Gasteiger partial charge < -0.3 is 10.4 Å². The van der Waals surface area contributed by atoms with Crippen LogP contribution in [-0.4, -0.2) is 44.2 Å². The maximum absolute atomic E-state index is 15.0. The third-order valence-electron chi connectivity index (χ3n) is 6.63. The molecule has 0 radical (unpaired) electrons. The number of hydrogen-bond acceptors (Lipinski definition) is 5. The van der Waals surface area contributed by atoms with E-state index in [4.69, 9.17) is 11.6 Å². The summed E-state index contributed by atoms with van der Waals surface area (Å²) in [7, 11) is 0. The Hall–Kier alpha value is -3.04. The lowest BCUT2D eigenvalue weighted by Gasteiger charge is -2.39. The molecule has 0 unspecified atom stereocenters. The van der Waals surface area contributed by atoms with Gasteiger partial charge >= 0.3 is 5.97 Å². The van der Waals surface area contributed by atoms with Crippen LogP contribution in [0.4, 0.5) is 20.4 Å². The molecule has 0 saturated carbocycles. The number of carboxylic acids is 1. The van der Waals surface area contributed by atoms with Crippen molar-refractivity contribution in [1.82, 2.24) is 20.1 Å². The van der Waals surface area contributed by atoms with Gasteiger partial charge in [0.1, 0.15) is 5.82 Å². The molecule has 1 fully saturated rings. The van der Waals surface area contributed by atoms with Crippen molar-refractivity contribution < 1.29 is 18.7 Å². The van der Waals surface area contributed by atoms with Crippen molar-refractivity contribution in [2.45, 2.75) is 46.1 Å². The summed E-state index contributed by atoms with van der Waals surface area (Å²) in [4.78, 5) is 18.9. The normalized spacial score (nSPS) is 15.8. The van der Waals surface area contributed by atoms with E-state index in [2.05, 4.69) is 20.5 Å². The lowest BCUT2D eigenvalue weighted by atomic mass is 9.74. The Morgan fingerprint density at radius 1 is 1.23 bits per heavy atom. The third kappa shape index (κ3) is 5.46. The highest BCUT2D eigenvalue weighted by atomic mass is 35.5. The number of aryl methyl sites for hydroxylation is 2. The summed E-state index contributed by atoms with van der Waals surface area (Å²) in [5.41, 5.74) is 1.22. The number of carboxylic acid groups (broad SMARTS) is 1. The number of aliphatic carboxylic acids is 1. The number of anilines is 2. The van der Waals surface area contributed by atoms with Crippen molar-refractivity contribution in [3.63, 3.8) is 0 Å². The van der Waals surface area contributed by atoms with Crippen LogP contribution in [0.1, 0.15) is 42.3 Å². The van der Waals surface area contributed by atoms with Gasteiger partial charge in [0.2, 0.25) is 0 Å². The standard InChI is InChI=1S/C25H28ClF2N5O2/c1-3-16-12-18(29-23(22(16)28)30-20-11-15(2)31-32-20)13-25(24(34)35)7-9-33(10-8-25)14-17-5-4-6-19(26)21(17)27/h4-6,11-12H,3,7-10,13-14H2,1-2H3,(H,34,35)(H2,29,30,31,32). The van der Waals surface area contributed by atoms with Crippen LogP contribution in [0.2, 0.25) is 5.02 Å². The largest absolute Gasteiger partial charge is 0.481 e. The number of hydrogen-bond donors (Lipinski definition) is 3. The number of nitrogens with zero attached hydrogens (tertiary/aromatic N) is 3. The van der Waals surface area contributed by atoms with Crippen LogP contribution in [0.25, 0.3) is 0 Å². The molecule has 35 heavy (non-hydrogen) atoms. The van der Waals surface area contributed by atoms with E-state index in [1.165, 1.54) is 6.07 Å². The predicted octanol–water partition coefficient (Wildman–Crippen LogP) is 5.26. The Bertz CT molecular complexity index is 1220. The molecule has 7 nitrogen and oxygen atoms in total. The third-order valence-corrected chi connectivity index (χ3v) is 6.92. The minimum Gasteiger partial charge on any atom is -0.481 e. The first-order valence-corrected chi connectivity index (χ1v) is 11.9. The van der Waals surface area contributed by atoms with Crippen LogP contribution in [0.3, 0.4) is 0 Å². The van der Waals surface area contributed by atoms with E-state index >= 15 is 0 Å². The average Bonchev–Trinajstić information content (AvgIpc) is 3.24. The zero-order chi connectivity index (χ0) is 25.2. The van der Waals surface area contributed by atoms with Crippen LogP contribution in [0, 0.1) is 24.0 Å². The molecule has 0 atom stereocenters. The fourth-order valence-corrected chi connectivity index (χ4v) is 4.73. The Kier molecular flexibility index (Phi) is 7.37. The molecule has 0 spiro atoms. The topological polar surface area (TPSA) is 94.1 Å². The van der Waals surface area contributed by atoms with Gasteiger partial charge in [0.25, 0.3) is 0 Å². The highest BCUT2D eigenvalue weighted by molar-refractivity contribution is 6.30. The molecule has 3 aromatic rings. The first kappa shape index (κ1) is 25.1. The quantitative estimate of drug-likeness (QED) is 0.388. The van der Waals surface area contributed by atoms with Crippen molar-refractivity contribution in [1.29, 1.82) is 0 Å². The summed E-state index contributed by atoms with van der Waals surface area (Å²) in [6, 6.07) is 8.27. The molecule has 2 aromatic heterocycles. The molecule has 1 aliphatic rings. The second-order valence-corrected chi connectivity index (χ2v) is 9.51. The highest BCUT2D eigenvalue weighted by Crippen LogP contribution is 2.37. The monoisotopic (exact) mass is 503 g/mol. The van der Waals surface area contributed by atoms with Crippen molar-refractivity contribution in [3.05, 3.63) is 69.5 Å². The van der Waals surface area contributed by atoms with E-state index in [1.807, 2.05) is 18.7 Å². The number of H-pyrrole nitrogens is 1. The molecule has 3 heterocycles. The molecule has 4 rings (SSSR count). The van der Waals surface area contributed by atoms with Gasteiger partial charge in [-0.25, -0.2) is 13.8 Å². The Balaban J connectivity index is 1.53. The zero-order valence-electron chi connectivity index (χ0n) is 19.7. The number of carbonyl (C=O) groups is 1. The number of halogens is 3. The summed E-state index contributed by atoms with van der Waals surface area (Å²) in [5, 5.41) is 20.0. The summed E-state index contributed by atoms with van der Waals surface area (Å²) in [6.45, 7) is 4.99. The second kappa shape index (κ2) is 10.3. The molecule has 0 aliphatic carbocycles. The van der Waals surface area contributed by atoms with Crippen LogP contribution in [-0.2, 0) is 24.2 Å². The fraction of sp³-hybridized carbons (Fsp3) is 0.400. The number of piperidine rings is 1. The van der Waals surface area contributed by atoms with Gasteiger partial charge in [-0.3, -0.25) is 14.8 Å². The van der Waals surface area contributed by atoms with Gasteiger partial charge in [-0.2, -0.15) is 5.10 Å². The van der Waals surface area contributed by atoms with Gasteiger partial charge in [0, 0.05) is 36.0 Å². The van der Waals surface area contributed by atoms with E-state index in [0.717, 1.165) is 5.69 Å². The molecule has 0 bridgehead atoms. The lowest BCUT2D eigenvalue weighted by molar-refractivity contribution is -0.152. The average molecular weight is 504 g/mol. The molecule has 1 aliphatic heterocycles. The summed E-state index contributed by atoms with van der Waals surface area (Å²) in [5.74, 6) is -1.37. The van der Waals surface area contributed by atoms with Gasteiger partial charge in [-0.1, -0.05) is 30.7 Å². The number of benzene rings is 1. The van der Waals surface area contributed by atoms with Crippen molar-refractivity contribution in [2.75, 3.05) is 18.4 Å². The Labute approximate surface area is 207 Å². The van der Waals surface area contributed by atoms with E-state index in [1.54, 1.807) is 24.3 Å². The molecule has 3 N–H and O–H groups in total. The molecule has 1 saturated heterocycles. The molecular formula is C25H28ClF2N5O2. The van der Waals surface area contributed by atoms with Gasteiger partial charge in [0.15, 0.2) is 17.5 Å². The van der Waals surface area contributed by atoms with E-state index < -0.39 is 23.0 Å². The lowest BCUT2D eigenvalue weighted by Crippen LogP contribution is -2.45. The smallest absolute Gasteiger partial charge is 0.310 e. The Morgan fingerprint density at radius 2 is 1.97 bits per heavy atom. The minimum absolute atomic E-state index is 0.0280. The van der Waals surface area contributed by atoms with Gasteiger partial charge in [-0.15, -0.1) is 0 Å². The molecule has 10 heteroatoms. The molecular weight excluding hydrogens is 476 g/mol. The maximum Gasteiger partial charge on any atom is 0.310 e. The van der Waals surface area contributed by atoms with Crippen LogP contribution in [0.5, 0.6) is 0 Å². The zero-order valence-corrected chi connectivity index (χ0v) is 20.4. The summed E-state index contributed by atoms with van der Waals surface area (Å²) in [6.07, 6.45) is 1.34. The number of pyridine rings is 1. The predicted molar refractivity (Wildman–Crippen MR) is 130 cm³/mol. The SMILES string of the molecule is CCc1cc(CC2(C(=O)O)CCN(Cc3cccc(Cl)c3F)CC2)nc(Nc2cc(C)[nH]n2)c1F. The molecule has 0 amide bonds. The van der Waals surface area contributed by atoms with E-state index in [9.17, 15) is 18.7 Å². The number of rotatable bonds is 8. The van der Waals surface area contributed by atoms with Crippen LogP contribution < -0.4 is 5.32 Å². The second-order valence-electron chi connectivity index (χ2n) is 9.10. The van der Waals surface area contributed by atoms with Crippen molar-refractivity contribution >= 4 is 29.2 Å². The Morgan fingerprint density at radius 3 is 2.60 bits per heavy atom. The maximum atomic E-state index is 15.0. The molecule has 186 valence electrons.